The number of likely N-dealkylation sites (N-methyl/N-ethyl adjacent to an activating group) is 1. The monoisotopic (exact) mass is 709 g/mol. The highest BCUT2D eigenvalue weighted by Crippen LogP contribution is 2.65. The van der Waals surface area contributed by atoms with Gasteiger partial charge >= 0.3 is 12.1 Å². The number of hydrogen-bond acceptors (Lipinski definition) is 12. The van der Waals surface area contributed by atoms with E-state index in [1.54, 1.807) is 14.2 Å². The second-order valence-corrected chi connectivity index (χ2v) is 12.3. The van der Waals surface area contributed by atoms with Crippen LogP contribution in [0.25, 0.3) is 0 Å². The van der Waals surface area contributed by atoms with Gasteiger partial charge in [-0.15, -0.1) is 0 Å². The molecule has 280 valence electrons. The molecule has 1 aromatic rings. The van der Waals surface area contributed by atoms with Crippen molar-refractivity contribution >= 4 is 5.97 Å². The molecule has 16 heteroatoms. The summed E-state index contributed by atoms with van der Waals surface area (Å²) in [7, 11) is 5.46. The maximum atomic E-state index is 12.3. The number of nitrogens with zero attached hydrogens (tertiary/aromatic N) is 1. The molecule has 0 unspecified atom stereocenters. The number of halogens is 3. The van der Waals surface area contributed by atoms with Gasteiger partial charge < -0.3 is 57.7 Å². The number of methoxy groups -OCH3 is 2. The van der Waals surface area contributed by atoms with Gasteiger partial charge in [-0.2, -0.15) is 13.2 Å². The number of likely N-dealkylation sites (tertiary alicyclic amines) is 1. The Balaban J connectivity index is 0.000000698. The van der Waals surface area contributed by atoms with E-state index >= 15 is 0 Å². The van der Waals surface area contributed by atoms with E-state index in [0.29, 0.717) is 85.7 Å². The molecule has 5 rings (SSSR count). The van der Waals surface area contributed by atoms with Crippen LogP contribution in [0.2, 0.25) is 0 Å². The molecule has 4 aliphatic rings. The van der Waals surface area contributed by atoms with Gasteiger partial charge in [0.2, 0.25) is 0 Å². The Bertz CT molecular complexity index is 1190. The molecule has 0 radical (unpaired) electrons. The zero-order chi connectivity index (χ0) is 35.5. The highest BCUT2D eigenvalue weighted by Gasteiger charge is 2.72. The minimum atomic E-state index is -5.08. The summed E-state index contributed by atoms with van der Waals surface area (Å²) in [6.45, 7) is 7.19. The Hall–Kier alpha value is -2.28. The van der Waals surface area contributed by atoms with E-state index in [1.165, 1.54) is 5.56 Å². The second kappa shape index (κ2) is 18.3. The quantitative estimate of drug-likeness (QED) is 0.191. The van der Waals surface area contributed by atoms with Crippen LogP contribution in [0, 0.1) is 0 Å². The first-order chi connectivity index (χ1) is 23.5. The molecular formula is C33H50F3NO12. The standard InChI is InChI=1S/C31H49NO10.C2HF3O2/c1-32-9-8-30-27-23-4-5-24(35-3)28(27)42-29(30)25(6-7-31(30,33)26(32)22-23)41-21-20-40-19-18-39-17-16-38-15-14-37-13-12-36-11-10-34-2;3-2(4,5)1(6)7/h4-5,25-26,29,33H,6-22H2,1-3H3;(H,6,7)/t25-,26+,29-,30-,31+;/m0./s1. The van der Waals surface area contributed by atoms with E-state index in [0.717, 1.165) is 42.9 Å². The normalized spacial score (nSPS) is 26.8. The van der Waals surface area contributed by atoms with Gasteiger partial charge in [-0.3, -0.25) is 0 Å². The lowest BCUT2D eigenvalue weighted by atomic mass is 9.48. The van der Waals surface area contributed by atoms with Crippen molar-refractivity contribution in [3.63, 3.8) is 0 Å². The van der Waals surface area contributed by atoms with E-state index in [4.69, 9.17) is 52.5 Å². The lowest BCUT2D eigenvalue weighted by Crippen LogP contribution is -2.76. The summed E-state index contributed by atoms with van der Waals surface area (Å²) in [5, 5.41) is 19.4. The minimum absolute atomic E-state index is 0.0728. The molecule has 0 amide bonds. The molecule has 2 aliphatic carbocycles. The zero-order valence-corrected chi connectivity index (χ0v) is 28.5. The number of carboxylic acid groups (broad SMARTS) is 1. The van der Waals surface area contributed by atoms with Gasteiger partial charge in [0, 0.05) is 18.7 Å². The van der Waals surface area contributed by atoms with E-state index in [9.17, 15) is 18.3 Å². The number of alkyl halides is 3. The van der Waals surface area contributed by atoms with Crippen molar-refractivity contribution in [1.29, 1.82) is 0 Å². The smallest absolute Gasteiger partial charge is 0.490 e. The average molecular weight is 710 g/mol. The van der Waals surface area contributed by atoms with Crippen molar-refractivity contribution < 1.29 is 70.8 Å². The summed E-state index contributed by atoms with van der Waals surface area (Å²) < 4.78 is 83.1. The summed E-state index contributed by atoms with van der Waals surface area (Å²) in [6.07, 6.45) is -2.36. The number of aliphatic carboxylic acids is 1. The summed E-state index contributed by atoms with van der Waals surface area (Å²) >= 11 is 0. The van der Waals surface area contributed by atoms with Crippen LogP contribution in [-0.2, 0) is 49.8 Å². The van der Waals surface area contributed by atoms with Crippen LogP contribution < -0.4 is 9.47 Å². The van der Waals surface area contributed by atoms with Crippen molar-refractivity contribution in [2.75, 3.05) is 107 Å². The third kappa shape index (κ3) is 9.15. The van der Waals surface area contributed by atoms with Gasteiger partial charge in [-0.25, -0.2) is 4.79 Å². The van der Waals surface area contributed by atoms with Crippen LogP contribution in [-0.4, -0.2) is 158 Å². The van der Waals surface area contributed by atoms with Crippen LogP contribution in [0.3, 0.4) is 0 Å². The van der Waals surface area contributed by atoms with Crippen LogP contribution in [0.1, 0.15) is 30.4 Å². The number of carboxylic acids is 1. The SMILES string of the molecule is COCCOCCOCCOCCOCCOCCO[C@H]1CC[C@@]2(O)[C@H]3Cc4ccc(OC)c5c4[C@@]2(CCN3C)[C@H]1O5.O=C(O)C(F)(F)F. The molecule has 2 N–H and O–H groups in total. The third-order valence-electron chi connectivity index (χ3n) is 9.60. The molecule has 2 fully saturated rings. The number of hydrogen-bond donors (Lipinski definition) is 2. The molecule has 1 saturated carbocycles. The van der Waals surface area contributed by atoms with Crippen molar-refractivity contribution in [2.24, 2.45) is 0 Å². The summed E-state index contributed by atoms with van der Waals surface area (Å²) in [6, 6.07) is 4.23. The predicted octanol–water partition coefficient (Wildman–Crippen LogP) is 2.23. The number of rotatable bonds is 20. The summed E-state index contributed by atoms with van der Waals surface area (Å²) in [4.78, 5) is 11.2. The topological polar surface area (TPSA) is 144 Å². The molecular weight excluding hydrogens is 659 g/mol. The van der Waals surface area contributed by atoms with Crippen molar-refractivity contribution in [2.45, 2.75) is 61.1 Å². The Morgan fingerprint density at radius 3 is 1.94 bits per heavy atom. The van der Waals surface area contributed by atoms with Crippen molar-refractivity contribution in [3.8, 4) is 11.5 Å². The fraction of sp³-hybridized carbons (Fsp3) is 0.788. The summed E-state index contributed by atoms with van der Waals surface area (Å²) in [5.74, 6) is -1.23. The van der Waals surface area contributed by atoms with Crippen LogP contribution in [0.4, 0.5) is 13.2 Å². The first-order valence-electron chi connectivity index (χ1n) is 16.6. The maximum absolute atomic E-state index is 12.3. The number of ether oxygens (including phenoxy) is 9. The fourth-order valence-corrected chi connectivity index (χ4v) is 7.41. The van der Waals surface area contributed by atoms with Gasteiger partial charge in [-0.1, -0.05) is 6.07 Å². The lowest BCUT2D eigenvalue weighted by molar-refractivity contribution is -0.213. The fourth-order valence-electron chi connectivity index (χ4n) is 7.41. The molecule has 1 saturated heterocycles. The second-order valence-electron chi connectivity index (χ2n) is 12.3. The van der Waals surface area contributed by atoms with Gasteiger partial charge in [0.15, 0.2) is 11.5 Å². The Labute approximate surface area is 284 Å². The van der Waals surface area contributed by atoms with Crippen LogP contribution in [0.5, 0.6) is 11.5 Å². The number of piperidine rings is 1. The molecule has 1 aromatic carbocycles. The number of benzene rings is 1. The largest absolute Gasteiger partial charge is 0.493 e. The number of carbonyl (C=O) groups is 1. The molecule has 13 nitrogen and oxygen atoms in total. The summed E-state index contributed by atoms with van der Waals surface area (Å²) in [5.41, 5.74) is 1.09. The van der Waals surface area contributed by atoms with Gasteiger partial charge in [0.1, 0.15) is 6.10 Å². The van der Waals surface area contributed by atoms with Crippen LogP contribution in [0.15, 0.2) is 12.1 Å². The van der Waals surface area contributed by atoms with E-state index in [2.05, 4.69) is 18.0 Å². The zero-order valence-electron chi connectivity index (χ0n) is 28.5. The Morgan fingerprint density at radius 2 is 1.43 bits per heavy atom. The van der Waals surface area contributed by atoms with E-state index in [1.807, 2.05) is 6.07 Å². The first-order valence-corrected chi connectivity index (χ1v) is 16.6. The molecule has 5 atom stereocenters. The highest BCUT2D eigenvalue weighted by molar-refractivity contribution is 5.73. The van der Waals surface area contributed by atoms with E-state index < -0.39 is 23.2 Å². The van der Waals surface area contributed by atoms with E-state index in [-0.39, 0.29) is 18.2 Å². The van der Waals surface area contributed by atoms with Crippen molar-refractivity contribution in [3.05, 3.63) is 23.3 Å². The predicted molar refractivity (Wildman–Crippen MR) is 167 cm³/mol. The molecule has 2 bridgehead atoms. The lowest BCUT2D eigenvalue weighted by Gasteiger charge is -2.63. The van der Waals surface area contributed by atoms with Crippen LogP contribution >= 0.6 is 0 Å². The Morgan fingerprint density at radius 1 is 0.898 bits per heavy atom. The molecule has 1 spiro atoms. The van der Waals surface area contributed by atoms with Gasteiger partial charge in [0.05, 0.1) is 104 Å². The number of aliphatic hydroxyl groups is 1. The van der Waals surface area contributed by atoms with Gasteiger partial charge in [-0.05, 0) is 50.9 Å². The van der Waals surface area contributed by atoms with Crippen molar-refractivity contribution in [1.82, 2.24) is 4.90 Å². The Kier molecular flexibility index (Phi) is 14.7. The molecule has 2 heterocycles. The van der Waals surface area contributed by atoms with Gasteiger partial charge in [0.25, 0.3) is 0 Å². The minimum Gasteiger partial charge on any atom is -0.493 e. The highest BCUT2D eigenvalue weighted by atomic mass is 19.4. The molecule has 49 heavy (non-hydrogen) atoms. The first kappa shape index (κ1) is 39.5. The molecule has 0 aromatic heterocycles. The maximum Gasteiger partial charge on any atom is 0.490 e. The average Bonchev–Trinajstić information content (AvgIpc) is 3.42. The third-order valence-corrected chi connectivity index (χ3v) is 9.60. The molecule has 2 aliphatic heterocycles.